The highest BCUT2D eigenvalue weighted by atomic mass is 16.3. The topological polar surface area (TPSA) is 19.6 Å². The summed E-state index contributed by atoms with van der Waals surface area (Å²) in [5.41, 5.74) is 11.0. The number of para-hydroxylation sites is 4. The second-order valence-corrected chi connectivity index (χ2v) is 15.0. The van der Waals surface area contributed by atoms with Crippen molar-refractivity contribution in [1.82, 2.24) is 0 Å². The van der Waals surface area contributed by atoms with Crippen LogP contribution in [0.5, 0.6) is 0 Å². The summed E-state index contributed by atoms with van der Waals surface area (Å²) < 4.78 is 6.57. The van der Waals surface area contributed by atoms with E-state index in [9.17, 15) is 0 Å². The van der Waals surface area contributed by atoms with Gasteiger partial charge < -0.3 is 14.2 Å². The van der Waals surface area contributed by atoms with Gasteiger partial charge >= 0.3 is 0 Å². The molecule has 4 aliphatic carbocycles. The zero-order chi connectivity index (χ0) is 32.4. The minimum Gasteiger partial charge on any atom is -0.454 e. The Morgan fingerprint density at radius 2 is 1.14 bits per heavy atom. The summed E-state index contributed by atoms with van der Waals surface area (Å²) in [5, 5.41) is 2.25. The highest BCUT2D eigenvalue weighted by molar-refractivity contribution is 6.10. The van der Waals surface area contributed by atoms with Gasteiger partial charge in [-0.25, -0.2) is 0 Å². The smallest absolute Gasteiger partial charge is 0.159 e. The lowest BCUT2D eigenvalue weighted by molar-refractivity contribution is -0.0977. The minimum atomic E-state index is 0.396. The molecule has 4 aliphatic rings. The van der Waals surface area contributed by atoms with Crippen molar-refractivity contribution >= 4 is 56.1 Å². The van der Waals surface area contributed by atoms with Gasteiger partial charge in [-0.1, -0.05) is 97.8 Å². The third-order valence-electron chi connectivity index (χ3n) is 11.9. The Balaban J connectivity index is 1.08. The average molecular weight is 637 g/mol. The lowest BCUT2D eigenvalue weighted by atomic mass is 9.39. The number of benzene rings is 6. The van der Waals surface area contributed by atoms with Crippen molar-refractivity contribution in [2.24, 2.45) is 11.3 Å². The maximum atomic E-state index is 6.57. The van der Waals surface area contributed by atoms with E-state index in [0.717, 1.165) is 56.3 Å². The SMILES string of the molecule is c1ccc(N(c2ccc(C34CC5CCCC(C5)(C3)C4)cc2)c2cccc(N(c3ccccc3)c3cccc4c3oc3ccccc34)c2)cc1. The van der Waals surface area contributed by atoms with Crippen LogP contribution in [0, 0.1) is 11.3 Å². The molecular formula is C46H40N2O. The highest BCUT2D eigenvalue weighted by Gasteiger charge is 2.60. The van der Waals surface area contributed by atoms with Gasteiger partial charge in [0.15, 0.2) is 5.58 Å². The van der Waals surface area contributed by atoms with Gasteiger partial charge in [0, 0.05) is 39.2 Å². The summed E-state index contributed by atoms with van der Waals surface area (Å²) in [4.78, 5) is 4.72. The maximum Gasteiger partial charge on any atom is 0.159 e. The Morgan fingerprint density at radius 3 is 1.90 bits per heavy atom. The average Bonchev–Trinajstić information content (AvgIpc) is 3.52. The predicted molar refractivity (Wildman–Crippen MR) is 203 cm³/mol. The van der Waals surface area contributed by atoms with Gasteiger partial charge in [0.1, 0.15) is 5.58 Å². The summed E-state index contributed by atoms with van der Waals surface area (Å²) in [6.07, 6.45) is 9.99. The molecule has 240 valence electrons. The Morgan fingerprint density at radius 1 is 0.531 bits per heavy atom. The van der Waals surface area contributed by atoms with Gasteiger partial charge in [-0.3, -0.25) is 0 Å². The number of fused-ring (bicyclic) bond motifs is 3. The quantitative estimate of drug-likeness (QED) is 0.174. The molecule has 0 amide bonds. The minimum absolute atomic E-state index is 0.396. The molecule has 7 aromatic rings. The third-order valence-corrected chi connectivity index (χ3v) is 11.9. The lowest BCUT2D eigenvalue weighted by Crippen LogP contribution is -2.57. The van der Waals surface area contributed by atoms with Gasteiger partial charge in [-0.15, -0.1) is 0 Å². The number of nitrogens with zero attached hydrogens (tertiary/aromatic N) is 2. The van der Waals surface area contributed by atoms with Gasteiger partial charge in [-0.05, 0) is 121 Å². The standard InChI is InChI=1S/C46H40N2O/c1-3-13-35(14-4-1)47(37-25-23-34(24-26-37)46-30-33-12-11-27-45(29-33,31-46)32-46)38-17-9-18-39(28-38)48(36-15-5-2-6-16-36)42-21-10-20-41-40-19-7-8-22-43(40)49-44(41)42/h1-10,13-26,28,33H,11-12,27,29-32H2. The predicted octanol–water partition coefficient (Wildman–Crippen LogP) is 13.1. The fourth-order valence-electron chi connectivity index (χ4n) is 10.2. The molecular weight excluding hydrogens is 597 g/mol. The first-order valence-corrected chi connectivity index (χ1v) is 18.0. The fourth-order valence-corrected chi connectivity index (χ4v) is 10.2. The number of furan rings is 1. The van der Waals surface area contributed by atoms with Crippen molar-refractivity contribution in [2.45, 2.75) is 50.4 Å². The Kier molecular flexibility index (Phi) is 6.52. The van der Waals surface area contributed by atoms with Crippen molar-refractivity contribution in [2.75, 3.05) is 9.80 Å². The van der Waals surface area contributed by atoms with E-state index in [1.807, 2.05) is 6.07 Å². The van der Waals surface area contributed by atoms with E-state index < -0.39 is 0 Å². The van der Waals surface area contributed by atoms with Gasteiger partial charge in [0.2, 0.25) is 0 Å². The largest absolute Gasteiger partial charge is 0.454 e. The van der Waals surface area contributed by atoms with Gasteiger partial charge in [0.25, 0.3) is 0 Å². The zero-order valence-electron chi connectivity index (χ0n) is 27.8. The number of hydrogen-bond acceptors (Lipinski definition) is 3. The van der Waals surface area contributed by atoms with Crippen molar-refractivity contribution in [1.29, 1.82) is 0 Å². The van der Waals surface area contributed by atoms with E-state index in [4.69, 9.17) is 4.42 Å². The molecule has 0 N–H and O–H groups in total. The molecule has 6 aromatic carbocycles. The molecule has 1 heterocycles. The van der Waals surface area contributed by atoms with Gasteiger partial charge in [0.05, 0.1) is 5.69 Å². The van der Waals surface area contributed by atoms with Crippen molar-refractivity contribution in [3.05, 3.63) is 157 Å². The summed E-state index contributed by atoms with van der Waals surface area (Å²) in [5.74, 6) is 0.928. The van der Waals surface area contributed by atoms with E-state index in [-0.39, 0.29) is 0 Å². The molecule has 4 fully saturated rings. The molecule has 1 atom stereocenters. The number of rotatable bonds is 7. The van der Waals surface area contributed by atoms with E-state index in [1.165, 1.54) is 50.6 Å². The zero-order valence-corrected chi connectivity index (χ0v) is 27.8. The number of hydrogen-bond donors (Lipinski definition) is 0. The van der Waals surface area contributed by atoms with Crippen LogP contribution in [0.15, 0.2) is 156 Å². The van der Waals surface area contributed by atoms with Crippen molar-refractivity contribution in [3.63, 3.8) is 0 Å². The van der Waals surface area contributed by atoms with Crippen LogP contribution in [-0.4, -0.2) is 0 Å². The first-order valence-electron chi connectivity index (χ1n) is 18.0. The van der Waals surface area contributed by atoms with Gasteiger partial charge in [-0.2, -0.15) is 0 Å². The second-order valence-electron chi connectivity index (χ2n) is 15.0. The molecule has 4 saturated carbocycles. The normalized spacial score (nSPS) is 22.5. The van der Waals surface area contributed by atoms with E-state index in [0.29, 0.717) is 10.8 Å². The van der Waals surface area contributed by atoms with Crippen LogP contribution in [-0.2, 0) is 5.41 Å². The second kappa shape index (κ2) is 11.1. The first-order chi connectivity index (χ1) is 24.2. The Hall–Kier alpha value is -5.28. The highest BCUT2D eigenvalue weighted by Crippen LogP contribution is 2.70. The molecule has 3 bridgehead atoms. The van der Waals surface area contributed by atoms with E-state index in [1.54, 1.807) is 5.56 Å². The summed E-state index contributed by atoms with van der Waals surface area (Å²) in [7, 11) is 0. The lowest BCUT2D eigenvalue weighted by Gasteiger charge is -2.66. The molecule has 1 spiro atoms. The Bertz CT molecular complexity index is 2280. The molecule has 1 unspecified atom stereocenters. The van der Waals surface area contributed by atoms with Crippen LogP contribution in [0.25, 0.3) is 21.9 Å². The van der Waals surface area contributed by atoms with Crippen LogP contribution in [0.2, 0.25) is 0 Å². The van der Waals surface area contributed by atoms with Crippen LogP contribution in [0.4, 0.5) is 34.1 Å². The van der Waals surface area contributed by atoms with E-state index in [2.05, 4.69) is 155 Å². The molecule has 49 heavy (non-hydrogen) atoms. The fraction of sp³-hybridized carbons (Fsp3) is 0.217. The van der Waals surface area contributed by atoms with Crippen molar-refractivity contribution < 1.29 is 4.42 Å². The third kappa shape index (κ3) is 4.70. The molecule has 3 nitrogen and oxygen atoms in total. The van der Waals surface area contributed by atoms with Crippen LogP contribution < -0.4 is 9.80 Å². The van der Waals surface area contributed by atoms with Crippen LogP contribution in [0.1, 0.15) is 50.5 Å². The molecule has 0 radical (unpaired) electrons. The summed E-state index contributed by atoms with van der Waals surface area (Å²) in [6.45, 7) is 0. The van der Waals surface area contributed by atoms with E-state index >= 15 is 0 Å². The first kappa shape index (κ1) is 28.7. The Labute approximate surface area is 288 Å². The summed E-state index contributed by atoms with van der Waals surface area (Å²) in [6, 6.07) is 54.7. The summed E-state index contributed by atoms with van der Waals surface area (Å²) >= 11 is 0. The molecule has 11 rings (SSSR count). The van der Waals surface area contributed by atoms with Crippen LogP contribution >= 0.6 is 0 Å². The molecule has 1 aromatic heterocycles. The monoisotopic (exact) mass is 636 g/mol. The molecule has 0 saturated heterocycles. The van der Waals surface area contributed by atoms with Crippen LogP contribution in [0.3, 0.4) is 0 Å². The number of anilines is 6. The maximum absolute atomic E-state index is 6.57. The van der Waals surface area contributed by atoms with Crippen molar-refractivity contribution in [3.8, 4) is 0 Å². The molecule has 3 heteroatoms. The molecule has 0 aliphatic heterocycles.